The molecule has 0 saturated carbocycles. The molecule has 1 heterocycles. The Morgan fingerprint density at radius 3 is 1.32 bits per heavy atom. The minimum atomic E-state index is -5.36. The average molecular weight is 383 g/mol. The Morgan fingerprint density at radius 2 is 1.09 bits per heavy atom. The molecule has 1 aromatic rings. The second-order valence-corrected chi connectivity index (χ2v) is 5.66. The van der Waals surface area contributed by atoms with Crippen LogP contribution in [0.15, 0.2) is 46.6 Å². The van der Waals surface area contributed by atoms with Crippen LogP contribution in [0.3, 0.4) is 0 Å². The number of benzene rings is 1. The van der Waals surface area contributed by atoms with Gasteiger partial charge >= 0.3 is 11.7 Å². The largest absolute Gasteiger partial charge is 0.443 e. The maximum atomic E-state index is 12.6. The van der Waals surface area contributed by atoms with E-state index < -0.39 is 38.5 Å². The van der Waals surface area contributed by atoms with Gasteiger partial charge in [0.25, 0.3) is 0 Å². The fourth-order valence-corrected chi connectivity index (χ4v) is 2.71. The first kappa shape index (κ1) is 19.1. The fraction of sp³-hybridized carbons (Fsp3) is 0.273. The van der Waals surface area contributed by atoms with Gasteiger partial charge in [0.1, 0.15) is 0 Å². The van der Waals surface area contributed by atoms with Gasteiger partial charge in [0.05, 0.1) is 0 Å². The van der Waals surface area contributed by atoms with Gasteiger partial charge in [0, 0.05) is 0 Å². The van der Waals surface area contributed by atoms with Gasteiger partial charge in [0.2, 0.25) is 4.75 Å². The van der Waals surface area contributed by atoms with Crippen molar-refractivity contribution in [2.24, 2.45) is 10.2 Å². The molecule has 0 amide bonds. The van der Waals surface area contributed by atoms with E-state index in [2.05, 4.69) is 10.2 Å². The van der Waals surface area contributed by atoms with Crippen molar-refractivity contribution in [1.29, 1.82) is 0 Å². The van der Waals surface area contributed by atoms with Gasteiger partial charge in [-0.05, 0) is 11.8 Å². The van der Waals surface area contributed by atoms with Crippen LogP contribution in [0.4, 0.5) is 26.3 Å². The fourth-order valence-electron chi connectivity index (χ4n) is 1.25. The van der Waals surface area contributed by atoms with Crippen molar-refractivity contribution < 1.29 is 26.3 Å². The third kappa shape index (κ3) is 4.53. The first-order valence-corrected chi connectivity index (χ1v) is 6.89. The van der Waals surface area contributed by atoms with Crippen LogP contribution in [0.1, 0.15) is 0 Å². The van der Waals surface area contributed by atoms with Gasteiger partial charge < -0.3 is 0 Å². The van der Waals surface area contributed by atoms with E-state index in [0.29, 0.717) is 0 Å². The molecule has 2 nitrogen and oxygen atoms in total. The van der Waals surface area contributed by atoms with E-state index in [0.717, 1.165) is 0 Å². The molecule has 0 aromatic heterocycles. The van der Waals surface area contributed by atoms with E-state index >= 15 is 0 Å². The normalized spacial score (nSPS) is 17.3. The predicted octanol–water partition coefficient (Wildman–Crippen LogP) is 5.43. The zero-order valence-corrected chi connectivity index (χ0v) is 12.6. The maximum Gasteiger partial charge on any atom is 0.443 e. The molecule has 0 N–H and O–H groups in total. The van der Waals surface area contributed by atoms with Crippen LogP contribution in [-0.4, -0.2) is 26.8 Å². The van der Waals surface area contributed by atoms with Crippen molar-refractivity contribution >= 4 is 45.3 Å². The smallest absolute Gasteiger partial charge is 0.168 e. The lowest BCUT2D eigenvalue weighted by atomic mass is 10.1. The molecular weight excluding hydrogens is 377 g/mol. The maximum absolute atomic E-state index is 12.6. The van der Waals surface area contributed by atoms with Gasteiger partial charge in [-0.3, -0.25) is 0 Å². The number of nitrogens with zero attached hydrogens (tertiary/aromatic N) is 2. The lowest BCUT2D eigenvalue weighted by Gasteiger charge is -2.29. The van der Waals surface area contributed by atoms with Gasteiger partial charge in [-0.15, -0.1) is 10.2 Å². The summed E-state index contributed by atoms with van der Waals surface area (Å²) >= 11 is 8.65. The number of hydrogen-bond donors (Lipinski definition) is 0. The van der Waals surface area contributed by atoms with Gasteiger partial charge in [-0.25, -0.2) is 0 Å². The van der Waals surface area contributed by atoms with Crippen molar-refractivity contribution in [3.63, 3.8) is 0 Å². The molecule has 0 aliphatic carbocycles. The van der Waals surface area contributed by atoms with Crippen LogP contribution < -0.4 is 0 Å². The first-order valence-electron chi connectivity index (χ1n) is 5.32. The monoisotopic (exact) mass is 382 g/mol. The highest BCUT2D eigenvalue weighted by Crippen LogP contribution is 2.53. The standard InChI is InChI=1S/C6H6.C5Cl2F6N2S/c1-2-4-6-5-3-1;6-1-3(4(8,9)10,2(7)15-14-1)16-5(11,12)13/h1-6H;. The summed E-state index contributed by atoms with van der Waals surface area (Å²) in [7, 11) is 0. The van der Waals surface area contributed by atoms with Gasteiger partial charge in [-0.2, -0.15) is 26.3 Å². The summed E-state index contributed by atoms with van der Waals surface area (Å²) in [5.74, 6) is 0. The highest BCUT2D eigenvalue weighted by molar-refractivity contribution is 8.03. The number of thioether (sulfide) groups is 1. The summed E-state index contributed by atoms with van der Waals surface area (Å²) in [6.07, 6.45) is -5.36. The topological polar surface area (TPSA) is 24.7 Å². The molecule has 0 atom stereocenters. The van der Waals surface area contributed by atoms with Gasteiger partial charge in [-0.1, -0.05) is 59.6 Å². The second-order valence-electron chi connectivity index (χ2n) is 3.66. The van der Waals surface area contributed by atoms with Crippen molar-refractivity contribution in [3.8, 4) is 0 Å². The van der Waals surface area contributed by atoms with Crippen molar-refractivity contribution in [1.82, 2.24) is 0 Å². The Hall–Kier alpha value is -0.930. The van der Waals surface area contributed by atoms with Crippen LogP contribution in [-0.2, 0) is 0 Å². The zero-order valence-electron chi connectivity index (χ0n) is 10.3. The highest BCUT2D eigenvalue weighted by Gasteiger charge is 2.68. The Morgan fingerprint density at radius 1 is 0.773 bits per heavy atom. The number of halogens is 8. The molecule has 0 saturated heterocycles. The molecule has 0 bridgehead atoms. The van der Waals surface area contributed by atoms with Crippen molar-refractivity contribution in [2.45, 2.75) is 16.4 Å². The molecule has 22 heavy (non-hydrogen) atoms. The Balaban J connectivity index is 0.000000335. The highest BCUT2D eigenvalue weighted by atomic mass is 35.5. The molecule has 2 rings (SSSR count). The van der Waals surface area contributed by atoms with E-state index in [4.69, 9.17) is 23.2 Å². The van der Waals surface area contributed by atoms with Crippen molar-refractivity contribution in [3.05, 3.63) is 36.4 Å². The van der Waals surface area contributed by atoms with E-state index in [1.165, 1.54) is 0 Å². The molecule has 1 aliphatic heterocycles. The van der Waals surface area contributed by atoms with Gasteiger partial charge in [0.15, 0.2) is 10.3 Å². The quantitative estimate of drug-likeness (QED) is 0.594. The van der Waals surface area contributed by atoms with Crippen LogP contribution in [0, 0.1) is 0 Å². The van der Waals surface area contributed by atoms with Crippen LogP contribution in [0.5, 0.6) is 0 Å². The molecule has 0 unspecified atom stereocenters. The summed E-state index contributed by atoms with van der Waals surface area (Å²) in [5.41, 5.74) is -5.19. The third-order valence-corrected chi connectivity index (χ3v) is 4.24. The van der Waals surface area contributed by atoms with Crippen LogP contribution >= 0.6 is 35.0 Å². The third-order valence-electron chi connectivity index (χ3n) is 2.14. The Bertz CT molecular complexity index is 511. The molecular formula is C11H6Cl2F6N2S. The number of hydrogen-bond acceptors (Lipinski definition) is 3. The molecule has 1 aliphatic rings. The molecule has 0 fully saturated rings. The SMILES string of the molecule is FC(F)(F)SC1(C(F)(F)F)C(Cl)=NN=C1Cl.c1ccccc1. The number of alkyl halides is 6. The Kier molecular flexibility index (Phi) is 6.17. The van der Waals surface area contributed by atoms with E-state index in [1.54, 1.807) is 0 Å². The molecule has 0 radical (unpaired) electrons. The van der Waals surface area contributed by atoms with Crippen LogP contribution in [0.25, 0.3) is 0 Å². The summed E-state index contributed by atoms with van der Waals surface area (Å²) in [6, 6.07) is 12.0. The van der Waals surface area contributed by atoms with E-state index in [1.807, 2.05) is 36.4 Å². The molecule has 0 spiro atoms. The lowest BCUT2D eigenvalue weighted by molar-refractivity contribution is -0.130. The number of rotatable bonds is 1. The zero-order chi connectivity index (χ0) is 17.0. The molecule has 122 valence electrons. The Labute approximate surface area is 135 Å². The van der Waals surface area contributed by atoms with Crippen LogP contribution in [0.2, 0.25) is 0 Å². The molecule has 1 aromatic carbocycles. The minimum Gasteiger partial charge on any atom is -0.168 e. The average Bonchev–Trinajstić information content (AvgIpc) is 2.68. The summed E-state index contributed by atoms with van der Waals surface area (Å²) in [5, 5.41) is 2.70. The lowest BCUT2D eigenvalue weighted by Crippen LogP contribution is -2.51. The van der Waals surface area contributed by atoms with Crippen molar-refractivity contribution in [2.75, 3.05) is 0 Å². The molecule has 11 heteroatoms. The summed E-state index contributed by atoms with van der Waals surface area (Å²) < 4.78 is 70.3. The second kappa shape index (κ2) is 7.10. The van der Waals surface area contributed by atoms with E-state index in [-0.39, 0.29) is 0 Å². The van der Waals surface area contributed by atoms with E-state index in [9.17, 15) is 26.3 Å². The first-order chi connectivity index (χ1) is 10.0. The minimum absolute atomic E-state index is 1.37. The summed E-state index contributed by atoms with van der Waals surface area (Å²) in [4.78, 5) is 0. The predicted molar refractivity (Wildman–Crippen MR) is 75.5 cm³/mol. The summed E-state index contributed by atoms with van der Waals surface area (Å²) in [6.45, 7) is 0.